The molecule has 0 saturated carbocycles. The molecule has 0 aromatic carbocycles. The summed E-state index contributed by atoms with van der Waals surface area (Å²) in [6, 6.07) is 3.75. The maximum atomic E-state index is 8.93. The van der Waals surface area contributed by atoms with Crippen molar-refractivity contribution in [2.45, 2.75) is 6.10 Å². The third kappa shape index (κ3) is 2.61. The molecule has 0 aliphatic heterocycles. The number of hydrogen-bond acceptors (Lipinski definition) is 3. The maximum Gasteiger partial charge on any atom is 0.0958 e. The molecule has 0 aliphatic carbocycles. The SMILES string of the molecule is OC[C@@H](O)CNn1cccc1. The Morgan fingerprint density at radius 1 is 1.36 bits per heavy atom. The Morgan fingerprint density at radius 3 is 2.55 bits per heavy atom. The number of hydrogen-bond donors (Lipinski definition) is 3. The molecule has 1 aromatic heterocycles. The molecule has 4 heteroatoms. The van der Waals surface area contributed by atoms with Crippen molar-refractivity contribution in [3.63, 3.8) is 0 Å². The summed E-state index contributed by atoms with van der Waals surface area (Å²) in [5.41, 5.74) is 2.88. The van der Waals surface area contributed by atoms with E-state index in [4.69, 9.17) is 10.2 Å². The highest BCUT2D eigenvalue weighted by molar-refractivity contribution is 4.93. The Kier molecular flexibility index (Phi) is 2.95. The monoisotopic (exact) mass is 156 g/mol. The molecule has 62 valence electrons. The van der Waals surface area contributed by atoms with Gasteiger partial charge in [0.25, 0.3) is 0 Å². The number of aliphatic hydroxyl groups excluding tert-OH is 2. The molecular formula is C7H12N2O2. The number of aromatic nitrogens is 1. The second-order valence-corrected chi connectivity index (χ2v) is 2.29. The van der Waals surface area contributed by atoms with E-state index in [0.29, 0.717) is 6.54 Å². The molecule has 0 aliphatic rings. The Balaban J connectivity index is 2.23. The van der Waals surface area contributed by atoms with E-state index < -0.39 is 6.10 Å². The van der Waals surface area contributed by atoms with Crippen LogP contribution in [0.4, 0.5) is 0 Å². The molecular weight excluding hydrogens is 144 g/mol. The van der Waals surface area contributed by atoms with Crippen molar-refractivity contribution in [1.29, 1.82) is 0 Å². The van der Waals surface area contributed by atoms with Crippen LogP contribution >= 0.6 is 0 Å². The zero-order valence-electron chi connectivity index (χ0n) is 6.14. The van der Waals surface area contributed by atoms with Gasteiger partial charge < -0.3 is 15.6 Å². The van der Waals surface area contributed by atoms with Gasteiger partial charge in [0.05, 0.1) is 19.3 Å². The minimum atomic E-state index is -0.697. The predicted molar refractivity (Wildman–Crippen MR) is 41.8 cm³/mol. The molecule has 0 bridgehead atoms. The van der Waals surface area contributed by atoms with Crippen molar-refractivity contribution in [1.82, 2.24) is 4.68 Å². The van der Waals surface area contributed by atoms with Gasteiger partial charge in [0.15, 0.2) is 0 Å². The highest BCUT2D eigenvalue weighted by Gasteiger charge is 1.98. The average molecular weight is 156 g/mol. The first-order valence-electron chi connectivity index (χ1n) is 3.48. The molecule has 11 heavy (non-hydrogen) atoms. The van der Waals surface area contributed by atoms with E-state index in [-0.39, 0.29) is 6.61 Å². The van der Waals surface area contributed by atoms with Gasteiger partial charge in [-0.15, -0.1) is 0 Å². The van der Waals surface area contributed by atoms with Crippen LogP contribution in [0.25, 0.3) is 0 Å². The largest absolute Gasteiger partial charge is 0.394 e. The van der Waals surface area contributed by atoms with Crippen LogP contribution in [-0.2, 0) is 0 Å². The Morgan fingerprint density at radius 2 is 2.00 bits per heavy atom. The van der Waals surface area contributed by atoms with Crippen LogP contribution < -0.4 is 5.43 Å². The fourth-order valence-corrected chi connectivity index (χ4v) is 0.715. The van der Waals surface area contributed by atoms with E-state index in [1.165, 1.54) is 0 Å². The summed E-state index contributed by atoms with van der Waals surface area (Å²) < 4.78 is 1.72. The van der Waals surface area contributed by atoms with Crippen molar-refractivity contribution >= 4 is 0 Å². The molecule has 0 radical (unpaired) electrons. The number of rotatable bonds is 4. The Labute approximate surface area is 65.1 Å². The van der Waals surface area contributed by atoms with E-state index in [1.54, 1.807) is 4.68 Å². The minimum Gasteiger partial charge on any atom is -0.394 e. The third-order valence-corrected chi connectivity index (χ3v) is 1.32. The average Bonchev–Trinajstić information content (AvgIpc) is 2.52. The lowest BCUT2D eigenvalue weighted by molar-refractivity contribution is 0.103. The second kappa shape index (κ2) is 4.00. The van der Waals surface area contributed by atoms with Gasteiger partial charge >= 0.3 is 0 Å². The second-order valence-electron chi connectivity index (χ2n) is 2.29. The molecule has 1 atom stereocenters. The molecule has 0 spiro atoms. The summed E-state index contributed by atoms with van der Waals surface area (Å²) >= 11 is 0. The maximum absolute atomic E-state index is 8.93. The van der Waals surface area contributed by atoms with E-state index in [9.17, 15) is 0 Å². The van der Waals surface area contributed by atoms with Crippen LogP contribution in [0.2, 0.25) is 0 Å². The molecule has 0 unspecified atom stereocenters. The summed E-state index contributed by atoms with van der Waals surface area (Å²) in [6.07, 6.45) is 2.95. The molecule has 1 heterocycles. The number of nitrogens with zero attached hydrogens (tertiary/aromatic N) is 1. The summed E-state index contributed by atoms with van der Waals surface area (Å²) in [6.45, 7) is 0.138. The fourth-order valence-electron chi connectivity index (χ4n) is 0.715. The normalized spacial score (nSPS) is 12.9. The Hall–Kier alpha value is -1.00. The van der Waals surface area contributed by atoms with Crippen LogP contribution in [0, 0.1) is 0 Å². The van der Waals surface area contributed by atoms with E-state index in [2.05, 4.69) is 5.43 Å². The lowest BCUT2D eigenvalue weighted by atomic mass is 10.4. The zero-order chi connectivity index (χ0) is 8.10. The first-order chi connectivity index (χ1) is 5.33. The van der Waals surface area contributed by atoms with Crippen molar-refractivity contribution in [3.8, 4) is 0 Å². The molecule has 3 N–H and O–H groups in total. The predicted octanol–water partition coefficient (Wildman–Crippen LogP) is -0.615. The van der Waals surface area contributed by atoms with Gasteiger partial charge in [-0.05, 0) is 12.1 Å². The standard InChI is InChI=1S/C7H12N2O2/c10-6-7(11)5-8-9-3-1-2-4-9/h1-4,7-8,10-11H,5-6H2/t7-/m0/s1. The number of aliphatic hydroxyl groups is 2. The quantitative estimate of drug-likeness (QED) is 0.545. The zero-order valence-corrected chi connectivity index (χ0v) is 6.14. The minimum absolute atomic E-state index is 0.214. The highest BCUT2D eigenvalue weighted by Crippen LogP contribution is 1.85. The van der Waals surface area contributed by atoms with Gasteiger partial charge in [0.1, 0.15) is 0 Å². The van der Waals surface area contributed by atoms with Crippen molar-refractivity contribution < 1.29 is 10.2 Å². The van der Waals surface area contributed by atoms with Crippen LogP contribution in [0.3, 0.4) is 0 Å². The molecule has 0 amide bonds. The molecule has 1 rings (SSSR count). The van der Waals surface area contributed by atoms with Crippen LogP contribution in [0.15, 0.2) is 24.5 Å². The summed E-state index contributed by atoms with van der Waals surface area (Å²) in [5.74, 6) is 0. The molecule has 4 nitrogen and oxygen atoms in total. The first kappa shape index (κ1) is 8.10. The smallest absolute Gasteiger partial charge is 0.0958 e. The lowest BCUT2D eigenvalue weighted by Gasteiger charge is -2.10. The van der Waals surface area contributed by atoms with Gasteiger partial charge in [0.2, 0.25) is 0 Å². The molecule has 1 aromatic rings. The summed E-state index contributed by atoms with van der Waals surface area (Å²) in [4.78, 5) is 0. The van der Waals surface area contributed by atoms with Gasteiger partial charge in [-0.25, -0.2) is 0 Å². The lowest BCUT2D eigenvalue weighted by Crippen LogP contribution is -2.27. The summed E-state index contributed by atoms with van der Waals surface area (Å²) in [7, 11) is 0. The van der Waals surface area contributed by atoms with Gasteiger partial charge in [-0.3, -0.25) is 4.68 Å². The topological polar surface area (TPSA) is 57.4 Å². The summed E-state index contributed by atoms with van der Waals surface area (Å²) in [5, 5.41) is 17.4. The fraction of sp³-hybridized carbons (Fsp3) is 0.429. The number of nitrogens with one attached hydrogen (secondary N) is 1. The van der Waals surface area contributed by atoms with Crippen LogP contribution in [0.5, 0.6) is 0 Å². The van der Waals surface area contributed by atoms with Gasteiger partial charge in [-0.2, -0.15) is 0 Å². The molecule has 0 saturated heterocycles. The van der Waals surface area contributed by atoms with Crippen molar-refractivity contribution in [2.75, 3.05) is 18.6 Å². The van der Waals surface area contributed by atoms with Crippen molar-refractivity contribution in [3.05, 3.63) is 24.5 Å². The van der Waals surface area contributed by atoms with E-state index in [1.807, 2.05) is 24.5 Å². The third-order valence-electron chi connectivity index (χ3n) is 1.32. The Bertz CT molecular complexity index is 186. The van der Waals surface area contributed by atoms with Crippen LogP contribution in [-0.4, -0.2) is 34.1 Å². The van der Waals surface area contributed by atoms with Gasteiger partial charge in [0, 0.05) is 12.4 Å². The van der Waals surface area contributed by atoms with E-state index >= 15 is 0 Å². The first-order valence-corrected chi connectivity index (χ1v) is 3.48. The highest BCUT2D eigenvalue weighted by atomic mass is 16.3. The molecule has 0 fully saturated rings. The van der Waals surface area contributed by atoms with E-state index in [0.717, 1.165) is 0 Å². The van der Waals surface area contributed by atoms with Gasteiger partial charge in [-0.1, -0.05) is 0 Å². The van der Waals surface area contributed by atoms with Crippen molar-refractivity contribution in [2.24, 2.45) is 0 Å². The van der Waals surface area contributed by atoms with Crippen LogP contribution in [0.1, 0.15) is 0 Å².